The Hall–Kier alpha value is -3.83. The normalized spacial score (nSPS) is 20.1. The molecule has 2 aliphatic heterocycles. The molecule has 16 heteroatoms. The summed E-state index contributed by atoms with van der Waals surface area (Å²) in [6, 6.07) is 8.25. The van der Waals surface area contributed by atoms with E-state index in [0.717, 1.165) is 16.5 Å². The topological polar surface area (TPSA) is 170 Å². The van der Waals surface area contributed by atoms with Crippen LogP contribution in [0.25, 0.3) is 10.9 Å². The Balaban J connectivity index is 0.000000434. The quantitative estimate of drug-likeness (QED) is 0.142. The number of aliphatic hydroxyl groups is 3. The molecule has 0 aliphatic carbocycles. The number of aromatic amines is 1. The number of anilines is 1. The van der Waals surface area contributed by atoms with E-state index < -0.39 is 66.9 Å². The number of hydrogen-bond donors (Lipinski definition) is 7. The molecule has 0 unspecified atom stereocenters. The molecular formula is C31H37F5N4O7. The number of para-hydroxylation sites is 1. The molecule has 258 valence electrons. The van der Waals surface area contributed by atoms with Crippen molar-refractivity contribution in [2.24, 2.45) is 0 Å². The Labute approximate surface area is 266 Å². The number of hydrogen-bond acceptors (Lipinski definition) is 8. The number of carboxylic acid groups (broad SMARTS) is 2. The second kappa shape index (κ2) is 14.9. The van der Waals surface area contributed by atoms with Gasteiger partial charge in [-0.05, 0) is 43.5 Å². The number of alkyl halides is 3. The number of H-pyrrole nitrogens is 1. The molecule has 7 N–H and O–H groups in total. The van der Waals surface area contributed by atoms with E-state index in [4.69, 9.17) is 20.4 Å². The zero-order valence-electron chi connectivity index (χ0n) is 25.3. The number of aromatic nitrogens is 1. The van der Waals surface area contributed by atoms with Crippen LogP contribution in [-0.2, 0) is 16.0 Å². The Morgan fingerprint density at radius 1 is 1.06 bits per heavy atom. The highest BCUT2D eigenvalue weighted by atomic mass is 19.3. The standard InChI is InChI=1S/C27H31F5N4O.C4H6O6/c1-16-9-20-19-5-2-3-6-23(19)34-25(20)26(36(16)14-27(31,32)15-37)24-21(29)10-17(11-22(24)30)33-18-12-35(13-18)8-4-7-28;5-1(3(7)8)2(6)4(9)10/h2-3,5-6,10-11,16,18,26,33-34,37H,4,7-9,12-15H2,1H3;1-2,5-6H,(H,7,8)(H,9,10)/t16-,26-;1-,2-/m10/s1. The van der Waals surface area contributed by atoms with Crippen LogP contribution in [-0.4, -0.2) is 122 Å². The first-order valence-electron chi connectivity index (χ1n) is 14.9. The van der Waals surface area contributed by atoms with Gasteiger partial charge in [-0.15, -0.1) is 0 Å². The molecule has 3 heterocycles. The molecular weight excluding hydrogens is 635 g/mol. The van der Waals surface area contributed by atoms with Crippen LogP contribution in [0.3, 0.4) is 0 Å². The number of fused-ring (bicyclic) bond motifs is 3. The molecule has 0 bridgehead atoms. The van der Waals surface area contributed by atoms with E-state index >= 15 is 8.78 Å². The fraction of sp³-hybridized carbons (Fsp3) is 0.484. The zero-order chi connectivity index (χ0) is 34.6. The van der Waals surface area contributed by atoms with Crippen molar-refractivity contribution < 1.29 is 57.1 Å². The molecule has 4 atom stereocenters. The lowest BCUT2D eigenvalue weighted by atomic mass is 9.87. The smallest absolute Gasteiger partial charge is 0.335 e. The van der Waals surface area contributed by atoms with Gasteiger partial charge in [0.1, 0.15) is 18.2 Å². The minimum atomic E-state index is -3.44. The van der Waals surface area contributed by atoms with Crippen LogP contribution < -0.4 is 5.32 Å². The predicted molar refractivity (Wildman–Crippen MR) is 160 cm³/mol. The fourth-order valence-electron chi connectivity index (χ4n) is 5.94. The van der Waals surface area contributed by atoms with Gasteiger partial charge in [0.05, 0.1) is 25.3 Å². The number of nitrogens with one attached hydrogen (secondary N) is 2. The number of nitrogens with zero attached hydrogens (tertiary/aromatic N) is 2. The number of likely N-dealkylation sites (tertiary alicyclic amines) is 1. The van der Waals surface area contributed by atoms with Crippen molar-refractivity contribution in [1.82, 2.24) is 14.8 Å². The summed E-state index contributed by atoms with van der Waals surface area (Å²) < 4.78 is 72.5. The maximum atomic E-state index is 15.7. The minimum Gasteiger partial charge on any atom is -0.479 e. The van der Waals surface area contributed by atoms with E-state index in [2.05, 4.69) is 15.2 Å². The largest absolute Gasteiger partial charge is 0.479 e. The SMILES string of the molecule is C[C@@H]1Cc2c([nH]c3ccccc23)[C@@H](c2c(F)cc(NC3CN(CCCF)C3)cc2F)N1CC(F)(F)CO.O=C(O)[C@@H](O)[C@H](O)C(=O)O. The third-order valence-corrected chi connectivity index (χ3v) is 8.26. The molecule has 0 saturated carbocycles. The monoisotopic (exact) mass is 672 g/mol. The van der Waals surface area contributed by atoms with Crippen molar-refractivity contribution in [3.05, 3.63) is 64.9 Å². The molecule has 1 fully saturated rings. The first kappa shape index (κ1) is 36.0. The van der Waals surface area contributed by atoms with Crippen molar-refractivity contribution in [2.75, 3.05) is 44.8 Å². The number of carboxylic acids is 2. The number of aliphatic hydroxyl groups excluding tert-OH is 3. The van der Waals surface area contributed by atoms with E-state index in [1.807, 2.05) is 24.3 Å². The lowest BCUT2D eigenvalue weighted by molar-refractivity contribution is -0.165. The maximum absolute atomic E-state index is 15.7. The summed E-state index contributed by atoms with van der Waals surface area (Å²) in [5, 5.41) is 45.8. The highest BCUT2D eigenvalue weighted by Crippen LogP contribution is 2.43. The van der Waals surface area contributed by atoms with Crippen LogP contribution in [0.5, 0.6) is 0 Å². The van der Waals surface area contributed by atoms with Crippen LogP contribution in [0, 0.1) is 11.6 Å². The predicted octanol–water partition coefficient (Wildman–Crippen LogP) is 2.74. The highest BCUT2D eigenvalue weighted by molar-refractivity contribution is 5.85. The number of halogens is 5. The minimum absolute atomic E-state index is 0.0148. The highest BCUT2D eigenvalue weighted by Gasteiger charge is 2.43. The second-order valence-corrected chi connectivity index (χ2v) is 11.8. The van der Waals surface area contributed by atoms with Crippen LogP contribution in [0.2, 0.25) is 0 Å². The van der Waals surface area contributed by atoms with Gasteiger partial charge in [-0.1, -0.05) is 18.2 Å². The van der Waals surface area contributed by atoms with Crippen LogP contribution >= 0.6 is 0 Å². The summed E-state index contributed by atoms with van der Waals surface area (Å²) in [6.07, 6.45) is -3.66. The second-order valence-electron chi connectivity index (χ2n) is 11.8. The molecule has 5 rings (SSSR count). The lowest BCUT2D eigenvalue weighted by Crippen LogP contribution is -2.54. The fourth-order valence-corrected chi connectivity index (χ4v) is 5.94. The van der Waals surface area contributed by atoms with Gasteiger partial charge in [0, 0.05) is 53.5 Å². The molecule has 47 heavy (non-hydrogen) atoms. The van der Waals surface area contributed by atoms with Gasteiger partial charge in [0.15, 0.2) is 12.2 Å². The van der Waals surface area contributed by atoms with E-state index in [-0.39, 0.29) is 24.0 Å². The number of rotatable bonds is 12. The van der Waals surface area contributed by atoms with Crippen molar-refractivity contribution in [3.8, 4) is 0 Å². The van der Waals surface area contributed by atoms with Gasteiger partial charge in [-0.3, -0.25) is 14.2 Å². The molecule has 1 aromatic heterocycles. The van der Waals surface area contributed by atoms with Crippen LogP contribution in [0.1, 0.15) is 36.2 Å². The van der Waals surface area contributed by atoms with Gasteiger partial charge in [-0.2, -0.15) is 0 Å². The van der Waals surface area contributed by atoms with Crippen molar-refractivity contribution in [3.63, 3.8) is 0 Å². The summed E-state index contributed by atoms with van der Waals surface area (Å²) in [5.41, 5.74) is 2.05. The summed E-state index contributed by atoms with van der Waals surface area (Å²) in [5.74, 6) is -8.65. The van der Waals surface area contributed by atoms with Crippen molar-refractivity contribution in [1.29, 1.82) is 0 Å². The summed E-state index contributed by atoms with van der Waals surface area (Å²) in [7, 11) is 0. The average Bonchev–Trinajstić information content (AvgIpc) is 3.36. The average molecular weight is 673 g/mol. The van der Waals surface area contributed by atoms with Gasteiger partial charge >= 0.3 is 11.9 Å². The van der Waals surface area contributed by atoms with E-state index in [1.165, 1.54) is 17.0 Å². The third kappa shape index (κ3) is 8.19. The molecule has 11 nitrogen and oxygen atoms in total. The number of carbonyl (C=O) groups is 2. The van der Waals surface area contributed by atoms with Crippen LogP contribution in [0.4, 0.5) is 27.6 Å². The Morgan fingerprint density at radius 3 is 2.21 bits per heavy atom. The van der Waals surface area contributed by atoms with Crippen molar-refractivity contribution >= 4 is 28.5 Å². The van der Waals surface area contributed by atoms with Gasteiger partial charge in [0.25, 0.3) is 5.92 Å². The molecule has 2 aliphatic rings. The number of aliphatic carboxylic acids is 2. The van der Waals surface area contributed by atoms with Crippen LogP contribution in [0.15, 0.2) is 36.4 Å². The Kier molecular flexibility index (Phi) is 11.4. The van der Waals surface area contributed by atoms with Gasteiger partial charge in [0.2, 0.25) is 0 Å². The van der Waals surface area contributed by atoms with Gasteiger partial charge < -0.3 is 35.8 Å². The molecule has 0 radical (unpaired) electrons. The van der Waals surface area contributed by atoms with E-state index in [9.17, 15) is 27.9 Å². The lowest BCUT2D eigenvalue weighted by Gasteiger charge is -2.42. The molecule has 0 amide bonds. The third-order valence-electron chi connectivity index (χ3n) is 8.26. The van der Waals surface area contributed by atoms with E-state index in [0.29, 0.717) is 38.2 Å². The summed E-state index contributed by atoms with van der Waals surface area (Å²) in [4.78, 5) is 26.2. The maximum Gasteiger partial charge on any atom is 0.335 e. The summed E-state index contributed by atoms with van der Waals surface area (Å²) in [6.45, 7) is 1.09. The Bertz CT molecular complexity index is 1530. The van der Waals surface area contributed by atoms with E-state index in [1.54, 1.807) is 6.92 Å². The Morgan fingerprint density at radius 2 is 1.66 bits per heavy atom. The zero-order valence-corrected chi connectivity index (χ0v) is 25.3. The number of benzene rings is 2. The molecule has 2 aromatic carbocycles. The molecule has 3 aromatic rings. The first-order valence-corrected chi connectivity index (χ1v) is 14.9. The molecule has 1 saturated heterocycles. The first-order chi connectivity index (χ1) is 22.2. The summed E-state index contributed by atoms with van der Waals surface area (Å²) >= 11 is 0. The van der Waals surface area contributed by atoms with Crippen molar-refractivity contribution in [2.45, 2.75) is 56.0 Å². The molecule has 0 spiro atoms. The van der Waals surface area contributed by atoms with Gasteiger partial charge in [-0.25, -0.2) is 27.2 Å².